The summed E-state index contributed by atoms with van der Waals surface area (Å²) >= 11 is 0. The Kier molecular flexibility index (Phi) is 24.9. The summed E-state index contributed by atoms with van der Waals surface area (Å²) in [6.45, 7) is 6.87. The number of unbranched alkanes of at least 4 members (excludes halogenated alkanes) is 9. The van der Waals surface area contributed by atoms with Gasteiger partial charge in [0.05, 0.1) is 12.5 Å². The lowest BCUT2D eigenvalue weighted by atomic mass is 9.94. The molecule has 0 rings (SSSR count). The van der Waals surface area contributed by atoms with E-state index in [9.17, 15) is 14.4 Å². The largest absolute Gasteiger partial charge is 0.465 e. The van der Waals surface area contributed by atoms with Gasteiger partial charge in [0.1, 0.15) is 0 Å². The smallest absolute Gasteiger partial charge is 0.308 e. The van der Waals surface area contributed by atoms with Gasteiger partial charge in [0.25, 0.3) is 0 Å². The second kappa shape index (κ2) is 26.0. The van der Waals surface area contributed by atoms with Crippen molar-refractivity contribution in [1.82, 2.24) is 15.5 Å². The minimum Gasteiger partial charge on any atom is -0.465 e. The fourth-order valence-electron chi connectivity index (χ4n) is 4.32. The van der Waals surface area contributed by atoms with Crippen LogP contribution in [0.1, 0.15) is 129 Å². The summed E-state index contributed by atoms with van der Waals surface area (Å²) in [5.74, 6) is 0.0662. The molecule has 7 heteroatoms. The van der Waals surface area contributed by atoms with Gasteiger partial charge < -0.3 is 20.3 Å². The van der Waals surface area contributed by atoms with Crippen LogP contribution in [0.15, 0.2) is 0 Å². The van der Waals surface area contributed by atoms with Gasteiger partial charge in [-0.25, -0.2) is 0 Å². The summed E-state index contributed by atoms with van der Waals surface area (Å²) in [7, 11) is 3.99. The second-order valence-corrected chi connectivity index (χ2v) is 10.7. The maximum absolute atomic E-state index is 12.7. The molecule has 0 aliphatic carbocycles. The average molecular weight is 526 g/mol. The van der Waals surface area contributed by atoms with Crippen molar-refractivity contribution in [2.24, 2.45) is 5.92 Å². The quantitative estimate of drug-likeness (QED) is 0.107. The van der Waals surface area contributed by atoms with Crippen LogP contribution in [0, 0.1) is 5.92 Å². The molecule has 0 radical (unpaired) electrons. The molecule has 0 aromatic heterocycles. The third-order valence-corrected chi connectivity index (χ3v) is 6.70. The van der Waals surface area contributed by atoms with Gasteiger partial charge in [0.15, 0.2) is 0 Å². The van der Waals surface area contributed by atoms with E-state index in [2.05, 4.69) is 29.4 Å². The van der Waals surface area contributed by atoms with Gasteiger partial charge in [-0.15, -0.1) is 0 Å². The maximum atomic E-state index is 12.7. The average Bonchev–Trinajstić information content (AvgIpc) is 2.86. The molecule has 2 amide bonds. The zero-order chi connectivity index (χ0) is 27.6. The van der Waals surface area contributed by atoms with E-state index in [1.807, 2.05) is 14.1 Å². The first-order valence-corrected chi connectivity index (χ1v) is 15.2. The number of carbonyl (C=O) groups excluding carboxylic acids is 3. The highest BCUT2D eigenvalue weighted by atomic mass is 16.5. The lowest BCUT2D eigenvalue weighted by molar-refractivity contribution is -0.149. The summed E-state index contributed by atoms with van der Waals surface area (Å²) in [4.78, 5) is 38.5. The number of ether oxygens (including phenoxy) is 1. The first-order valence-electron chi connectivity index (χ1n) is 15.2. The second-order valence-electron chi connectivity index (χ2n) is 10.7. The lowest BCUT2D eigenvalue weighted by Gasteiger charge is -2.16. The van der Waals surface area contributed by atoms with Crippen LogP contribution in [0.2, 0.25) is 0 Å². The van der Waals surface area contributed by atoms with Gasteiger partial charge >= 0.3 is 5.97 Å². The molecule has 0 aliphatic rings. The highest BCUT2D eigenvalue weighted by molar-refractivity contribution is 5.76. The fraction of sp³-hybridized carbons (Fsp3) is 0.900. The van der Waals surface area contributed by atoms with E-state index in [0.717, 1.165) is 45.1 Å². The third kappa shape index (κ3) is 24.5. The van der Waals surface area contributed by atoms with Gasteiger partial charge in [0.2, 0.25) is 11.8 Å². The van der Waals surface area contributed by atoms with Crippen LogP contribution in [0.5, 0.6) is 0 Å². The monoisotopic (exact) mass is 525 g/mol. The van der Waals surface area contributed by atoms with Crippen molar-refractivity contribution in [3.8, 4) is 0 Å². The Morgan fingerprint density at radius 1 is 0.649 bits per heavy atom. The molecule has 1 unspecified atom stereocenters. The number of amides is 2. The van der Waals surface area contributed by atoms with Crippen molar-refractivity contribution in [3.63, 3.8) is 0 Å². The van der Waals surface area contributed by atoms with Gasteiger partial charge in [-0.1, -0.05) is 78.1 Å². The first-order chi connectivity index (χ1) is 17.9. The van der Waals surface area contributed by atoms with Crippen molar-refractivity contribution in [2.75, 3.05) is 40.3 Å². The van der Waals surface area contributed by atoms with Crippen molar-refractivity contribution in [1.29, 1.82) is 0 Å². The Bertz CT molecular complexity index is 569. The predicted octanol–water partition coefficient (Wildman–Crippen LogP) is 6.00. The Labute approximate surface area is 228 Å². The summed E-state index contributed by atoms with van der Waals surface area (Å²) in [5, 5.41) is 5.80. The van der Waals surface area contributed by atoms with Crippen LogP contribution in [-0.4, -0.2) is 63.0 Å². The molecular formula is C30H59N3O4. The van der Waals surface area contributed by atoms with Crippen LogP contribution in [0.4, 0.5) is 0 Å². The molecule has 0 spiro atoms. The Hall–Kier alpha value is -1.63. The van der Waals surface area contributed by atoms with Gasteiger partial charge in [-0.3, -0.25) is 14.4 Å². The fourth-order valence-corrected chi connectivity index (χ4v) is 4.32. The van der Waals surface area contributed by atoms with E-state index in [-0.39, 0.29) is 23.7 Å². The highest BCUT2D eigenvalue weighted by Gasteiger charge is 2.19. The number of hydrogen-bond acceptors (Lipinski definition) is 5. The summed E-state index contributed by atoms with van der Waals surface area (Å²) < 4.78 is 5.60. The maximum Gasteiger partial charge on any atom is 0.308 e. The molecule has 2 N–H and O–H groups in total. The molecule has 0 bridgehead atoms. The zero-order valence-electron chi connectivity index (χ0n) is 24.7. The highest BCUT2D eigenvalue weighted by Crippen LogP contribution is 2.20. The Morgan fingerprint density at radius 3 is 1.73 bits per heavy atom. The molecule has 0 aliphatic heterocycles. The molecule has 0 fully saturated rings. The first kappa shape index (κ1) is 35.4. The Morgan fingerprint density at radius 2 is 1.16 bits per heavy atom. The number of rotatable bonds is 26. The predicted molar refractivity (Wildman–Crippen MR) is 153 cm³/mol. The van der Waals surface area contributed by atoms with Crippen LogP contribution >= 0.6 is 0 Å². The van der Waals surface area contributed by atoms with Gasteiger partial charge in [0, 0.05) is 25.9 Å². The molecule has 0 aromatic rings. The molecule has 0 saturated carbocycles. The number of esters is 1. The zero-order valence-corrected chi connectivity index (χ0v) is 24.7. The van der Waals surface area contributed by atoms with Gasteiger partial charge in [-0.05, 0) is 59.2 Å². The minimum atomic E-state index is -0.0433. The molecule has 7 nitrogen and oxygen atoms in total. The van der Waals surface area contributed by atoms with Crippen molar-refractivity contribution in [2.45, 2.75) is 129 Å². The minimum absolute atomic E-state index is 0.0144. The molecule has 0 heterocycles. The van der Waals surface area contributed by atoms with E-state index < -0.39 is 0 Å². The van der Waals surface area contributed by atoms with Crippen molar-refractivity contribution < 1.29 is 19.1 Å². The van der Waals surface area contributed by atoms with Gasteiger partial charge in [-0.2, -0.15) is 0 Å². The van der Waals surface area contributed by atoms with E-state index >= 15 is 0 Å². The summed E-state index contributed by atoms with van der Waals surface area (Å²) in [5.41, 5.74) is 0. The van der Waals surface area contributed by atoms with Crippen LogP contribution in [0.25, 0.3) is 0 Å². The third-order valence-electron chi connectivity index (χ3n) is 6.70. The molecule has 218 valence electrons. The van der Waals surface area contributed by atoms with E-state index in [1.54, 1.807) is 0 Å². The van der Waals surface area contributed by atoms with Crippen LogP contribution < -0.4 is 10.6 Å². The van der Waals surface area contributed by atoms with Crippen molar-refractivity contribution in [3.05, 3.63) is 0 Å². The van der Waals surface area contributed by atoms with Crippen LogP contribution in [0.3, 0.4) is 0 Å². The standard InChI is InChI=1S/C30H59N3O4/c1-5-7-9-11-12-14-20-27(19-13-10-8-6-2)30(36)37-26-16-15-21-28(34)31-23-18-24-32-29(35)22-17-25-33(3)4/h27H,5-26H2,1-4H3,(H,31,34)(H,32,35). The SMILES string of the molecule is CCCCCCCCC(CCCCCC)C(=O)OCCCCC(=O)NCCCNC(=O)CCCN(C)C. The normalized spacial score (nSPS) is 11.9. The molecule has 1 atom stereocenters. The molecule has 0 aromatic carbocycles. The van der Waals surface area contributed by atoms with Crippen molar-refractivity contribution >= 4 is 17.8 Å². The van der Waals surface area contributed by atoms with E-state index in [0.29, 0.717) is 45.4 Å². The van der Waals surface area contributed by atoms with Crippen LogP contribution in [-0.2, 0) is 19.1 Å². The lowest BCUT2D eigenvalue weighted by Crippen LogP contribution is -2.30. The molecular weight excluding hydrogens is 466 g/mol. The number of hydrogen-bond donors (Lipinski definition) is 2. The molecule has 37 heavy (non-hydrogen) atoms. The number of nitrogens with zero attached hydrogens (tertiary/aromatic N) is 1. The number of nitrogens with one attached hydrogen (secondary N) is 2. The topological polar surface area (TPSA) is 87.7 Å². The number of carbonyl (C=O) groups is 3. The Balaban J connectivity index is 3.92. The van der Waals surface area contributed by atoms with E-state index in [4.69, 9.17) is 4.74 Å². The summed E-state index contributed by atoms with van der Waals surface area (Å²) in [6.07, 6.45) is 18.0. The molecule has 0 saturated heterocycles. The van der Waals surface area contributed by atoms with E-state index in [1.165, 1.54) is 51.4 Å². The summed E-state index contributed by atoms with van der Waals surface area (Å²) in [6, 6.07) is 0.